The lowest BCUT2D eigenvalue weighted by atomic mass is 10.2. The van der Waals surface area contributed by atoms with E-state index in [1.54, 1.807) is 12.3 Å². The molecule has 1 aromatic heterocycles. The summed E-state index contributed by atoms with van der Waals surface area (Å²) in [5.41, 5.74) is 0.675. The molecular weight excluding hydrogens is 324 g/mol. The monoisotopic (exact) mass is 337 g/mol. The van der Waals surface area contributed by atoms with Crippen LogP contribution < -0.4 is 10.2 Å². The van der Waals surface area contributed by atoms with Gasteiger partial charge in [-0.05, 0) is 30.6 Å². The Morgan fingerprint density at radius 3 is 2.70 bits per heavy atom. The van der Waals surface area contributed by atoms with Crippen LogP contribution in [0.1, 0.15) is 22.5 Å². The van der Waals surface area contributed by atoms with E-state index in [-0.39, 0.29) is 24.6 Å². The highest BCUT2D eigenvalue weighted by atomic mass is 32.1. The molecule has 1 saturated heterocycles. The molecule has 2 heterocycles. The van der Waals surface area contributed by atoms with Crippen LogP contribution in [0.25, 0.3) is 0 Å². The van der Waals surface area contributed by atoms with Gasteiger partial charge in [-0.25, -0.2) is 8.78 Å². The fraction of sp³-hybridized carbons (Fsp3) is 0.267. The molecule has 23 heavy (non-hydrogen) atoms. The van der Waals surface area contributed by atoms with Crippen molar-refractivity contribution < 1.29 is 18.4 Å². The van der Waals surface area contributed by atoms with Gasteiger partial charge >= 0.3 is 0 Å². The van der Waals surface area contributed by atoms with E-state index in [1.807, 2.05) is 0 Å². The van der Waals surface area contributed by atoms with Crippen molar-refractivity contribution in [1.82, 2.24) is 9.69 Å². The fourth-order valence-electron chi connectivity index (χ4n) is 2.54. The van der Waals surface area contributed by atoms with Gasteiger partial charge < -0.3 is 10.2 Å². The highest BCUT2D eigenvalue weighted by molar-refractivity contribution is 7.03. The predicted octanol–water partition coefficient (Wildman–Crippen LogP) is 2.27. The first-order valence-corrected chi connectivity index (χ1v) is 7.77. The van der Waals surface area contributed by atoms with E-state index >= 15 is 0 Å². The number of hydrogen-bond donors (Lipinski definition) is 1. The van der Waals surface area contributed by atoms with Crippen LogP contribution in [0.15, 0.2) is 23.6 Å². The summed E-state index contributed by atoms with van der Waals surface area (Å²) in [6, 6.07) is 2.92. The lowest BCUT2D eigenvalue weighted by molar-refractivity contribution is -0.117. The first-order chi connectivity index (χ1) is 11.0. The summed E-state index contributed by atoms with van der Waals surface area (Å²) in [5, 5.41) is 4.33. The van der Waals surface area contributed by atoms with Crippen LogP contribution >= 0.6 is 11.5 Å². The summed E-state index contributed by atoms with van der Waals surface area (Å²) in [4.78, 5) is 25.2. The third kappa shape index (κ3) is 2.94. The molecule has 1 atom stereocenters. The number of nitrogens with one attached hydrogen (secondary N) is 1. The fourth-order valence-corrected chi connectivity index (χ4v) is 3.23. The van der Waals surface area contributed by atoms with Crippen molar-refractivity contribution in [2.45, 2.75) is 19.4 Å². The van der Waals surface area contributed by atoms with Crippen LogP contribution in [-0.4, -0.2) is 28.8 Å². The van der Waals surface area contributed by atoms with Crippen molar-refractivity contribution in [3.63, 3.8) is 0 Å². The number of benzene rings is 1. The number of aromatic nitrogens is 1. The molecule has 1 fully saturated rings. The second kappa shape index (κ2) is 6.04. The molecule has 2 aromatic rings. The molecule has 3 rings (SSSR count). The number of anilines is 1. The van der Waals surface area contributed by atoms with Crippen molar-refractivity contribution in [3.05, 3.63) is 46.5 Å². The first-order valence-electron chi connectivity index (χ1n) is 6.93. The molecule has 0 spiro atoms. The van der Waals surface area contributed by atoms with Gasteiger partial charge in [0.25, 0.3) is 5.91 Å². The quantitative estimate of drug-likeness (QED) is 0.934. The van der Waals surface area contributed by atoms with E-state index in [1.165, 1.54) is 17.6 Å². The maximum atomic E-state index is 13.8. The number of para-hydroxylation sites is 1. The third-order valence-electron chi connectivity index (χ3n) is 3.66. The Balaban J connectivity index is 1.75. The van der Waals surface area contributed by atoms with Crippen LogP contribution in [0.2, 0.25) is 0 Å². The SMILES string of the molecule is Cc1nscc1C(=O)NC1CC(=O)N(c2c(F)cccc2F)C1. The zero-order chi connectivity index (χ0) is 16.6. The molecule has 8 heteroatoms. The van der Waals surface area contributed by atoms with E-state index in [4.69, 9.17) is 0 Å². The topological polar surface area (TPSA) is 62.3 Å². The maximum Gasteiger partial charge on any atom is 0.254 e. The molecule has 0 aliphatic carbocycles. The normalized spacial score (nSPS) is 17.6. The van der Waals surface area contributed by atoms with Crippen LogP contribution in [-0.2, 0) is 4.79 Å². The van der Waals surface area contributed by atoms with Gasteiger partial charge in [0.2, 0.25) is 5.91 Å². The lowest BCUT2D eigenvalue weighted by Gasteiger charge is -2.18. The van der Waals surface area contributed by atoms with Crippen LogP contribution in [0, 0.1) is 18.6 Å². The summed E-state index contributed by atoms with van der Waals surface area (Å²) in [7, 11) is 0. The second-order valence-electron chi connectivity index (χ2n) is 5.26. The number of carbonyl (C=O) groups excluding carboxylic acids is 2. The number of nitrogens with zero attached hydrogens (tertiary/aromatic N) is 2. The molecule has 0 radical (unpaired) electrons. The minimum atomic E-state index is -0.803. The zero-order valence-electron chi connectivity index (χ0n) is 12.2. The summed E-state index contributed by atoms with van der Waals surface area (Å²) >= 11 is 1.17. The number of halogens is 2. The van der Waals surface area contributed by atoms with Crippen molar-refractivity contribution in [3.8, 4) is 0 Å². The Morgan fingerprint density at radius 1 is 1.39 bits per heavy atom. The summed E-state index contributed by atoms with van der Waals surface area (Å²) in [5.74, 6) is -2.38. The Labute approximate surface area is 135 Å². The molecule has 1 aliphatic heterocycles. The lowest BCUT2D eigenvalue weighted by Crippen LogP contribution is -2.37. The third-order valence-corrected chi connectivity index (χ3v) is 4.38. The van der Waals surface area contributed by atoms with E-state index in [0.717, 1.165) is 17.0 Å². The summed E-state index contributed by atoms with van der Waals surface area (Å²) < 4.78 is 31.6. The average Bonchev–Trinajstić information content (AvgIpc) is 3.05. The minimum absolute atomic E-state index is 0.00384. The van der Waals surface area contributed by atoms with Crippen molar-refractivity contribution in [2.24, 2.45) is 0 Å². The van der Waals surface area contributed by atoms with Gasteiger partial charge in [0, 0.05) is 18.3 Å². The molecule has 1 N–H and O–H groups in total. The van der Waals surface area contributed by atoms with Gasteiger partial charge in [0.05, 0.1) is 17.3 Å². The Kier molecular flexibility index (Phi) is 4.08. The maximum absolute atomic E-state index is 13.8. The van der Waals surface area contributed by atoms with Crippen molar-refractivity contribution in [1.29, 1.82) is 0 Å². The molecule has 1 aliphatic rings. The molecular formula is C15H13F2N3O2S. The van der Waals surface area contributed by atoms with Crippen LogP contribution in [0.4, 0.5) is 14.5 Å². The molecule has 1 unspecified atom stereocenters. The van der Waals surface area contributed by atoms with Gasteiger partial charge in [-0.3, -0.25) is 9.59 Å². The molecule has 2 amide bonds. The van der Waals surface area contributed by atoms with Crippen LogP contribution in [0.5, 0.6) is 0 Å². The molecule has 0 saturated carbocycles. The minimum Gasteiger partial charge on any atom is -0.347 e. The standard InChI is InChI=1S/C15H13F2N3O2S/c1-8-10(7-23-19-8)15(22)18-9-5-13(21)20(6-9)14-11(16)3-2-4-12(14)17/h2-4,7,9H,5-6H2,1H3,(H,18,22). The average molecular weight is 337 g/mol. The van der Waals surface area contributed by atoms with Crippen molar-refractivity contribution in [2.75, 3.05) is 11.4 Å². The van der Waals surface area contributed by atoms with Gasteiger partial charge in [-0.1, -0.05) is 6.07 Å². The molecule has 1 aromatic carbocycles. The largest absolute Gasteiger partial charge is 0.347 e. The molecule has 120 valence electrons. The number of amides is 2. The smallest absolute Gasteiger partial charge is 0.254 e. The highest BCUT2D eigenvalue weighted by Gasteiger charge is 2.34. The van der Waals surface area contributed by atoms with E-state index in [0.29, 0.717) is 11.3 Å². The second-order valence-corrected chi connectivity index (χ2v) is 5.89. The Hall–Kier alpha value is -2.35. The van der Waals surface area contributed by atoms with Gasteiger partial charge in [-0.2, -0.15) is 4.37 Å². The number of rotatable bonds is 3. The van der Waals surface area contributed by atoms with E-state index in [9.17, 15) is 18.4 Å². The van der Waals surface area contributed by atoms with Gasteiger partial charge in [0.1, 0.15) is 17.3 Å². The zero-order valence-corrected chi connectivity index (χ0v) is 13.0. The predicted molar refractivity (Wildman–Crippen MR) is 81.4 cm³/mol. The van der Waals surface area contributed by atoms with Gasteiger partial charge in [-0.15, -0.1) is 0 Å². The molecule has 5 nitrogen and oxygen atoms in total. The van der Waals surface area contributed by atoms with Gasteiger partial charge in [0.15, 0.2) is 0 Å². The number of hydrogen-bond acceptors (Lipinski definition) is 4. The molecule has 0 bridgehead atoms. The van der Waals surface area contributed by atoms with Crippen molar-refractivity contribution >= 4 is 29.0 Å². The summed E-state index contributed by atoms with van der Waals surface area (Å²) in [6.45, 7) is 1.74. The number of aryl methyl sites for hydroxylation is 1. The van der Waals surface area contributed by atoms with E-state index in [2.05, 4.69) is 9.69 Å². The summed E-state index contributed by atoms with van der Waals surface area (Å²) in [6.07, 6.45) is -0.00384. The van der Waals surface area contributed by atoms with Crippen LogP contribution in [0.3, 0.4) is 0 Å². The number of carbonyl (C=O) groups is 2. The highest BCUT2D eigenvalue weighted by Crippen LogP contribution is 2.27. The Morgan fingerprint density at radius 2 is 2.09 bits per heavy atom. The Bertz CT molecular complexity index is 758. The van der Waals surface area contributed by atoms with E-state index < -0.39 is 23.6 Å². The first kappa shape index (κ1) is 15.5.